The van der Waals surface area contributed by atoms with Gasteiger partial charge in [0.2, 0.25) is 0 Å². The molecule has 124 valence electrons. The molecule has 8 heteroatoms. The maximum atomic E-state index is 12.4. The van der Waals surface area contributed by atoms with Gasteiger partial charge in [0.05, 0.1) is 0 Å². The summed E-state index contributed by atoms with van der Waals surface area (Å²) in [6.45, 7) is 0.173. The van der Waals surface area contributed by atoms with Gasteiger partial charge in [-0.3, -0.25) is 9.69 Å². The van der Waals surface area contributed by atoms with Crippen molar-refractivity contribution in [3.8, 4) is 0 Å². The molecule has 0 aromatic heterocycles. The molecule has 1 aromatic rings. The number of nitrogens with zero attached hydrogens (tertiary/aromatic N) is 1. The van der Waals surface area contributed by atoms with Crippen molar-refractivity contribution >= 4 is 35.2 Å². The molecule has 0 spiro atoms. The van der Waals surface area contributed by atoms with E-state index in [2.05, 4.69) is 5.73 Å². The molecule has 5 nitrogen and oxygen atoms in total. The van der Waals surface area contributed by atoms with Crippen LogP contribution < -0.4 is 18.1 Å². The fourth-order valence-electron chi connectivity index (χ4n) is 2.51. The van der Waals surface area contributed by atoms with Crippen LogP contribution in [0.1, 0.15) is 5.56 Å². The van der Waals surface area contributed by atoms with Gasteiger partial charge >= 0.3 is 5.97 Å². The summed E-state index contributed by atoms with van der Waals surface area (Å²) in [5.41, 5.74) is 5.77. The van der Waals surface area contributed by atoms with E-state index >= 15 is 0 Å². The second kappa shape index (κ2) is 7.57. The molecule has 23 heavy (non-hydrogen) atoms. The number of rotatable bonds is 4. The first-order valence-electron chi connectivity index (χ1n) is 6.90. The van der Waals surface area contributed by atoms with Gasteiger partial charge in [-0.05, 0) is 11.1 Å². The number of fused-ring (bicyclic) bond motifs is 1. The van der Waals surface area contributed by atoms with Crippen LogP contribution in [-0.2, 0) is 20.9 Å². The van der Waals surface area contributed by atoms with Crippen LogP contribution in [0.25, 0.3) is 0 Å². The molecule has 2 atom stereocenters. The van der Waals surface area contributed by atoms with Crippen LogP contribution >= 0.6 is 23.4 Å². The van der Waals surface area contributed by atoms with Crippen LogP contribution in [0.3, 0.4) is 0 Å². The van der Waals surface area contributed by atoms with Gasteiger partial charge < -0.3 is 22.9 Å². The third kappa shape index (κ3) is 3.35. The maximum Gasteiger partial charge on any atom is 0.355 e. The number of carbonyl (C=O) groups excluding carboxylic acids is 2. The summed E-state index contributed by atoms with van der Waals surface area (Å²) < 4.78 is 5.36. The van der Waals surface area contributed by atoms with E-state index in [-0.39, 0.29) is 42.2 Å². The number of carbonyl (C=O) groups is 2. The van der Waals surface area contributed by atoms with Crippen molar-refractivity contribution in [2.24, 2.45) is 0 Å². The molecule has 3 rings (SSSR count). The first kappa shape index (κ1) is 18.1. The van der Waals surface area contributed by atoms with E-state index in [4.69, 9.17) is 16.3 Å². The Morgan fingerprint density at radius 1 is 1.39 bits per heavy atom. The molecular weight excluding hydrogens is 359 g/mol. The number of benzene rings is 1. The Kier molecular flexibility index (Phi) is 5.97. The van der Waals surface area contributed by atoms with E-state index in [9.17, 15) is 9.59 Å². The van der Waals surface area contributed by atoms with Gasteiger partial charge in [0.25, 0.3) is 5.91 Å². The summed E-state index contributed by atoms with van der Waals surface area (Å²) in [6.07, 6.45) is 0. The molecule has 0 bridgehead atoms. The van der Waals surface area contributed by atoms with E-state index < -0.39 is 5.97 Å². The van der Waals surface area contributed by atoms with Crippen molar-refractivity contribution in [2.75, 3.05) is 11.6 Å². The van der Waals surface area contributed by atoms with Gasteiger partial charge in [-0.1, -0.05) is 30.3 Å². The number of hydrogen-bond donors (Lipinski definition) is 1. The highest BCUT2D eigenvalue weighted by molar-refractivity contribution is 8.00. The molecule has 1 amide bonds. The molecule has 1 saturated heterocycles. The second-order valence-corrected chi connectivity index (χ2v) is 6.54. The average Bonchev–Trinajstić information content (AvgIpc) is 2.58. The smallest absolute Gasteiger partial charge is 0.355 e. The molecule has 2 heterocycles. The van der Waals surface area contributed by atoms with Crippen molar-refractivity contribution < 1.29 is 32.5 Å². The quantitative estimate of drug-likeness (QED) is 0.367. The molecule has 0 saturated carbocycles. The molecule has 2 aliphatic heterocycles. The first-order chi connectivity index (χ1) is 10.6. The zero-order chi connectivity index (χ0) is 15.7. The van der Waals surface area contributed by atoms with Gasteiger partial charge in [-0.15, -0.1) is 23.4 Å². The number of amides is 1. The minimum Gasteiger partial charge on any atom is -1.00 e. The van der Waals surface area contributed by atoms with Crippen molar-refractivity contribution in [3.05, 3.63) is 47.2 Å². The van der Waals surface area contributed by atoms with E-state index in [1.54, 1.807) is 11.8 Å². The Morgan fingerprint density at radius 2 is 2.09 bits per heavy atom. The Morgan fingerprint density at radius 3 is 2.74 bits per heavy atom. The first-order valence-corrected chi connectivity index (χ1v) is 8.48. The average molecular weight is 375 g/mol. The van der Waals surface area contributed by atoms with Crippen LogP contribution in [0.5, 0.6) is 0 Å². The fourth-order valence-corrected chi connectivity index (χ4v) is 4.16. The monoisotopic (exact) mass is 374 g/mol. The lowest BCUT2D eigenvalue weighted by molar-refractivity contribution is -0.423. The van der Waals surface area contributed by atoms with Crippen LogP contribution in [0, 0.1) is 0 Å². The summed E-state index contributed by atoms with van der Waals surface area (Å²) in [4.78, 5) is 25.9. The Balaban J connectivity index is 0.00000192. The van der Waals surface area contributed by atoms with Crippen LogP contribution in [-0.4, -0.2) is 39.8 Å². The number of alkyl halides is 1. The topological polar surface area (TPSA) is 74.3 Å². The summed E-state index contributed by atoms with van der Waals surface area (Å²) in [5.74, 6) is 0.192. The van der Waals surface area contributed by atoms with E-state index in [1.165, 1.54) is 4.90 Å². The van der Waals surface area contributed by atoms with E-state index in [1.807, 2.05) is 30.3 Å². The molecule has 0 aliphatic carbocycles. The largest absolute Gasteiger partial charge is 1.00 e. The zero-order valence-corrected chi connectivity index (χ0v) is 14.5. The molecule has 2 aliphatic rings. The maximum absolute atomic E-state index is 12.4. The van der Waals surface area contributed by atoms with Gasteiger partial charge in [0.1, 0.15) is 17.7 Å². The van der Waals surface area contributed by atoms with Gasteiger partial charge in [0.15, 0.2) is 6.04 Å². The lowest BCUT2D eigenvalue weighted by Gasteiger charge is -2.45. The highest BCUT2D eigenvalue weighted by atomic mass is 35.5. The number of hydrogen-bond acceptors (Lipinski definition) is 4. The Hall–Kier alpha value is -1.21. The molecule has 0 radical (unpaired) electrons. The van der Waals surface area contributed by atoms with Crippen LogP contribution in [0.15, 0.2) is 41.6 Å². The summed E-state index contributed by atoms with van der Waals surface area (Å²) in [7, 11) is 0. The number of β-lactam (4-membered cyclic amide) rings is 1. The van der Waals surface area contributed by atoms with Gasteiger partial charge in [0, 0.05) is 11.6 Å². The minimum absolute atomic E-state index is 0. The number of quaternary nitrogens is 1. The minimum atomic E-state index is -0.495. The number of halogens is 2. The highest BCUT2D eigenvalue weighted by Gasteiger charge is 2.54. The summed E-state index contributed by atoms with van der Waals surface area (Å²) in [5, 5.41) is -0.0845. The van der Waals surface area contributed by atoms with E-state index in [0.717, 1.165) is 11.1 Å². The lowest BCUT2D eigenvalue weighted by Crippen LogP contribution is -3.00. The molecule has 1 fully saturated rings. The van der Waals surface area contributed by atoms with Crippen LogP contribution in [0.4, 0.5) is 0 Å². The summed E-state index contributed by atoms with van der Waals surface area (Å²) >= 11 is 7.51. The zero-order valence-electron chi connectivity index (χ0n) is 12.2. The standard InChI is InChI=1S/C15H15ClN2O3S.ClH/c16-6-10-8-22-14-11(17)13(19)18(14)12(10)15(20)21-7-9-4-2-1-3-5-9;/h1-5,11,14H,6-8,17H2;1H/t11-,14-;/m1./s1. The third-order valence-corrected chi connectivity index (χ3v) is 5.44. The Bertz CT molecular complexity index is 639. The van der Waals surface area contributed by atoms with Gasteiger partial charge in [-0.2, -0.15) is 0 Å². The van der Waals surface area contributed by atoms with Gasteiger partial charge in [-0.25, -0.2) is 4.79 Å². The van der Waals surface area contributed by atoms with Crippen molar-refractivity contribution in [1.29, 1.82) is 0 Å². The van der Waals surface area contributed by atoms with E-state index in [0.29, 0.717) is 11.4 Å². The van der Waals surface area contributed by atoms with Crippen molar-refractivity contribution in [3.63, 3.8) is 0 Å². The number of ether oxygens (including phenoxy) is 1. The molecule has 3 N–H and O–H groups in total. The highest BCUT2D eigenvalue weighted by Crippen LogP contribution is 2.39. The molecular formula is C15H16Cl2N2O3S. The van der Waals surface area contributed by atoms with Crippen LogP contribution in [0.2, 0.25) is 0 Å². The SMILES string of the molecule is [Cl-].[NH3+][C@@H]1C(=O)N2C(C(=O)OCc3ccccc3)=C(CCl)CS[C@H]12. The fraction of sp³-hybridized carbons (Fsp3) is 0.333. The second-order valence-electron chi connectivity index (χ2n) is 5.16. The Labute approximate surface area is 149 Å². The normalized spacial score (nSPS) is 22.9. The summed E-state index contributed by atoms with van der Waals surface area (Å²) in [6, 6.07) is 9.11. The van der Waals surface area contributed by atoms with Crippen molar-refractivity contribution in [2.45, 2.75) is 18.0 Å². The predicted octanol–water partition coefficient (Wildman–Crippen LogP) is -2.25. The lowest BCUT2D eigenvalue weighted by atomic mass is 10.0. The predicted molar refractivity (Wildman–Crippen MR) is 83.8 cm³/mol. The van der Waals surface area contributed by atoms with Crippen molar-refractivity contribution in [1.82, 2.24) is 4.90 Å². The molecule has 0 unspecified atom stereocenters. The molecule has 1 aromatic carbocycles. The number of esters is 1. The number of thioether (sulfide) groups is 1. The third-order valence-electron chi connectivity index (χ3n) is 3.72.